The molecule has 0 saturated carbocycles. The monoisotopic (exact) mass is 568 g/mol. The van der Waals surface area contributed by atoms with Gasteiger partial charge in [0.1, 0.15) is 5.75 Å². The normalized spacial score (nSPS) is 20.3. The molecular weight excluding hydrogens is 530 g/mol. The second-order valence-electron chi connectivity index (χ2n) is 10.9. The average Bonchev–Trinajstić information content (AvgIpc) is 2.86. The SMILES string of the molecule is Cc1cc2c(cc1C(=O)N(C(C)C)[C@@H]1CC[C@H](CCO)N(C(=O)O)C1)N(CCNC(=O)C(F)F)C(=O)C(C)(C)O2. The molecule has 0 radical (unpaired) electrons. The first-order chi connectivity index (χ1) is 18.7. The Morgan fingerprint density at radius 1 is 1.23 bits per heavy atom. The van der Waals surface area contributed by atoms with Crippen molar-refractivity contribution in [1.82, 2.24) is 15.1 Å². The highest BCUT2D eigenvalue weighted by molar-refractivity contribution is 6.05. The third-order valence-electron chi connectivity index (χ3n) is 7.36. The van der Waals surface area contributed by atoms with Gasteiger partial charge in [-0.15, -0.1) is 0 Å². The number of fused-ring (bicyclic) bond motifs is 1. The fourth-order valence-corrected chi connectivity index (χ4v) is 5.42. The number of hydrogen-bond acceptors (Lipinski definition) is 6. The van der Waals surface area contributed by atoms with Gasteiger partial charge in [0.05, 0.1) is 11.7 Å². The van der Waals surface area contributed by atoms with Crippen molar-refractivity contribution in [2.24, 2.45) is 0 Å². The number of benzene rings is 1. The summed E-state index contributed by atoms with van der Waals surface area (Å²) >= 11 is 0. The first kappa shape index (κ1) is 31.1. The van der Waals surface area contributed by atoms with E-state index in [0.717, 1.165) is 0 Å². The topological polar surface area (TPSA) is 140 Å². The van der Waals surface area contributed by atoms with Gasteiger partial charge < -0.3 is 35.0 Å². The molecule has 2 atom stereocenters. The van der Waals surface area contributed by atoms with Gasteiger partial charge in [-0.1, -0.05) is 0 Å². The van der Waals surface area contributed by atoms with E-state index >= 15 is 0 Å². The van der Waals surface area contributed by atoms with Gasteiger partial charge in [0, 0.05) is 43.9 Å². The van der Waals surface area contributed by atoms with Gasteiger partial charge in [-0.25, -0.2) is 4.79 Å². The van der Waals surface area contributed by atoms with E-state index in [9.17, 15) is 38.2 Å². The summed E-state index contributed by atoms with van der Waals surface area (Å²) < 4.78 is 31.2. The summed E-state index contributed by atoms with van der Waals surface area (Å²) in [5.74, 6) is -1.93. The number of nitrogens with one attached hydrogen (secondary N) is 1. The van der Waals surface area contributed by atoms with Crippen LogP contribution in [0.5, 0.6) is 5.75 Å². The minimum Gasteiger partial charge on any atom is -0.476 e. The van der Waals surface area contributed by atoms with Crippen LogP contribution in [0, 0.1) is 6.92 Å². The molecule has 1 aromatic rings. The number of hydrogen-bond donors (Lipinski definition) is 3. The smallest absolute Gasteiger partial charge is 0.407 e. The number of aryl methyl sites for hydroxylation is 1. The Bertz CT molecular complexity index is 1140. The lowest BCUT2D eigenvalue weighted by molar-refractivity contribution is -0.133. The second-order valence-corrected chi connectivity index (χ2v) is 10.9. The summed E-state index contributed by atoms with van der Waals surface area (Å²) in [5.41, 5.74) is -0.138. The Balaban J connectivity index is 1.95. The zero-order chi connectivity index (χ0) is 29.9. The Morgan fingerprint density at radius 2 is 1.90 bits per heavy atom. The number of anilines is 1. The molecule has 3 rings (SSSR count). The number of carboxylic acid groups (broad SMARTS) is 1. The van der Waals surface area contributed by atoms with Crippen molar-refractivity contribution in [3.8, 4) is 5.75 Å². The number of carbonyl (C=O) groups is 4. The van der Waals surface area contributed by atoms with Crippen LogP contribution < -0.4 is 15.0 Å². The van der Waals surface area contributed by atoms with E-state index in [1.165, 1.54) is 15.9 Å². The van der Waals surface area contributed by atoms with Crippen LogP contribution in [0.1, 0.15) is 62.9 Å². The highest BCUT2D eigenvalue weighted by Gasteiger charge is 2.42. The molecule has 11 nitrogen and oxygen atoms in total. The third-order valence-corrected chi connectivity index (χ3v) is 7.36. The first-order valence-electron chi connectivity index (χ1n) is 13.3. The number of halogens is 2. The summed E-state index contributed by atoms with van der Waals surface area (Å²) in [6.07, 6.45) is -2.94. The lowest BCUT2D eigenvalue weighted by Gasteiger charge is -2.44. The van der Waals surface area contributed by atoms with Gasteiger partial charge in [0.15, 0.2) is 5.60 Å². The molecule has 3 N–H and O–H groups in total. The van der Waals surface area contributed by atoms with Crippen molar-refractivity contribution >= 4 is 29.5 Å². The number of piperidine rings is 1. The van der Waals surface area contributed by atoms with Crippen LogP contribution in [0.4, 0.5) is 19.3 Å². The molecule has 0 aliphatic carbocycles. The van der Waals surface area contributed by atoms with Crippen LogP contribution in [0.3, 0.4) is 0 Å². The van der Waals surface area contributed by atoms with E-state index in [4.69, 9.17) is 4.74 Å². The molecular formula is C27H38F2N4O7. The summed E-state index contributed by atoms with van der Waals surface area (Å²) in [6, 6.07) is 2.14. The first-order valence-corrected chi connectivity index (χ1v) is 13.3. The molecule has 2 aliphatic heterocycles. The summed E-state index contributed by atoms with van der Waals surface area (Å²) in [7, 11) is 0. The number of ether oxygens (including phenoxy) is 1. The van der Waals surface area contributed by atoms with Crippen LogP contribution in [0.2, 0.25) is 0 Å². The third kappa shape index (κ3) is 6.45. The van der Waals surface area contributed by atoms with Crippen LogP contribution >= 0.6 is 0 Å². The minimum absolute atomic E-state index is 0.0969. The number of rotatable bonds is 9. The molecule has 0 aromatic heterocycles. The lowest BCUT2D eigenvalue weighted by atomic mass is 9.93. The molecule has 13 heteroatoms. The minimum atomic E-state index is -3.19. The molecule has 0 spiro atoms. The van der Waals surface area contributed by atoms with Crippen molar-refractivity contribution in [3.63, 3.8) is 0 Å². The largest absolute Gasteiger partial charge is 0.476 e. The molecule has 1 aromatic carbocycles. The van der Waals surface area contributed by atoms with Crippen molar-refractivity contribution < 1.29 is 42.9 Å². The highest BCUT2D eigenvalue weighted by Crippen LogP contribution is 2.40. The zero-order valence-corrected chi connectivity index (χ0v) is 23.4. The predicted octanol–water partition coefficient (Wildman–Crippen LogP) is 2.62. The van der Waals surface area contributed by atoms with Gasteiger partial charge in [0.2, 0.25) is 0 Å². The lowest BCUT2D eigenvalue weighted by Crippen LogP contribution is -2.57. The number of alkyl halides is 2. The molecule has 40 heavy (non-hydrogen) atoms. The van der Waals surface area contributed by atoms with E-state index in [1.54, 1.807) is 31.7 Å². The molecule has 0 unspecified atom stereocenters. The molecule has 1 fully saturated rings. The van der Waals surface area contributed by atoms with Gasteiger partial charge in [0.25, 0.3) is 17.7 Å². The molecule has 1 saturated heterocycles. The van der Waals surface area contributed by atoms with E-state index in [-0.39, 0.29) is 55.5 Å². The average molecular weight is 569 g/mol. The van der Waals surface area contributed by atoms with E-state index in [0.29, 0.717) is 30.6 Å². The Labute approximate surface area is 232 Å². The van der Waals surface area contributed by atoms with Crippen molar-refractivity contribution in [1.29, 1.82) is 0 Å². The van der Waals surface area contributed by atoms with E-state index in [1.807, 2.05) is 13.8 Å². The van der Waals surface area contributed by atoms with Crippen LogP contribution in [-0.2, 0) is 9.59 Å². The molecule has 222 valence electrons. The Hall–Kier alpha value is -3.48. The van der Waals surface area contributed by atoms with Crippen LogP contribution in [-0.4, -0.2) is 100 Å². The number of aliphatic hydroxyl groups is 1. The maximum Gasteiger partial charge on any atom is 0.407 e. The Kier molecular flexibility index (Phi) is 9.60. The van der Waals surface area contributed by atoms with Crippen molar-refractivity contribution in [2.45, 2.75) is 84.0 Å². The second kappa shape index (κ2) is 12.4. The predicted molar refractivity (Wildman–Crippen MR) is 142 cm³/mol. The quantitative estimate of drug-likeness (QED) is 0.416. The van der Waals surface area contributed by atoms with E-state index in [2.05, 4.69) is 5.32 Å². The van der Waals surface area contributed by atoms with Crippen molar-refractivity contribution in [3.05, 3.63) is 23.3 Å². The number of aliphatic hydroxyl groups excluding tert-OH is 1. The highest BCUT2D eigenvalue weighted by atomic mass is 19.3. The molecule has 2 heterocycles. The number of amides is 4. The number of nitrogens with zero attached hydrogens (tertiary/aromatic N) is 3. The van der Waals surface area contributed by atoms with Gasteiger partial charge >= 0.3 is 12.5 Å². The Morgan fingerprint density at radius 3 is 2.48 bits per heavy atom. The van der Waals surface area contributed by atoms with Gasteiger partial charge in [-0.05, 0) is 71.6 Å². The fraction of sp³-hybridized carbons (Fsp3) is 0.630. The van der Waals surface area contributed by atoms with Crippen LogP contribution in [0.15, 0.2) is 12.1 Å². The molecule has 4 amide bonds. The fourth-order valence-electron chi connectivity index (χ4n) is 5.42. The number of likely N-dealkylation sites (tertiary alicyclic amines) is 1. The summed E-state index contributed by atoms with van der Waals surface area (Å²) in [5, 5.41) is 21.2. The number of carbonyl (C=O) groups excluding carboxylic acids is 3. The zero-order valence-electron chi connectivity index (χ0n) is 23.4. The van der Waals surface area contributed by atoms with Crippen LogP contribution in [0.25, 0.3) is 0 Å². The summed E-state index contributed by atoms with van der Waals surface area (Å²) in [6.45, 7) is 8.14. The van der Waals surface area contributed by atoms with Crippen molar-refractivity contribution in [2.75, 3.05) is 31.1 Å². The molecule has 0 bridgehead atoms. The molecule has 2 aliphatic rings. The van der Waals surface area contributed by atoms with Gasteiger partial charge in [-0.2, -0.15) is 8.78 Å². The summed E-state index contributed by atoms with van der Waals surface area (Å²) in [4.78, 5) is 54.7. The van der Waals surface area contributed by atoms with Gasteiger partial charge in [-0.3, -0.25) is 14.4 Å². The maximum absolute atomic E-state index is 14.0. The standard InChI is InChI=1S/C27H38F2N4O7/c1-15(2)33(18-7-6-17(8-11-34)32(14-18)26(38)39)24(36)19-13-20-21(12-16(19)3)40-27(4,5)25(37)31(20)10-9-30-23(35)22(28)29/h12-13,15,17-18,22,34H,6-11,14H2,1-5H3,(H,30,35)(H,38,39)/t17-,18-/m1/s1. The van der Waals surface area contributed by atoms with E-state index < -0.39 is 36.0 Å². The maximum atomic E-state index is 14.0.